The number of carboxylic acids is 1. The highest BCUT2D eigenvalue weighted by atomic mass is 16.5. The Labute approximate surface area is 181 Å². The summed E-state index contributed by atoms with van der Waals surface area (Å²) in [4.78, 5) is 27.7. The number of benzene rings is 2. The molecule has 3 aromatic rings. The normalized spacial score (nSPS) is 10.9. The van der Waals surface area contributed by atoms with Gasteiger partial charge in [-0.3, -0.25) is 0 Å². The molecule has 7 heteroatoms. The maximum Gasteiger partial charge on any atom is 0.347 e. The summed E-state index contributed by atoms with van der Waals surface area (Å²) in [6.45, 7) is 4.97. The molecular formula is C24H25N3O4. The minimum atomic E-state index is -1.36. The van der Waals surface area contributed by atoms with Crippen LogP contribution in [0, 0.1) is 0 Å². The number of para-hydroxylation sites is 1. The first kappa shape index (κ1) is 21.8. The molecule has 3 N–H and O–H groups in total. The van der Waals surface area contributed by atoms with Crippen molar-refractivity contribution in [3.63, 3.8) is 0 Å². The largest absolute Gasteiger partial charge is 0.478 e. The van der Waals surface area contributed by atoms with Gasteiger partial charge in [0, 0.05) is 29.2 Å². The molecule has 0 bridgehead atoms. The SMILES string of the molecule is CCc1ccccc1NC(=O)Nc1ccc(-c2ccc(OC(C)(C)C(=O)O)nc2)cc1. The number of aromatic nitrogens is 1. The van der Waals surface area contributed by atoms with Crippen molar-refractivity contribution in [1.29, 1.82) is 0 Å². The number of rotatable bonds is 7. The first-order valence-corrected chi connectivity index (χ1v) is 9.93. The van der Waals surface area contributed by atoms with Crippen LogP contribution in [0.4, 0.5) is 16.2 Å². The minimum absolute atomic E-state index is 0.235. The highest BCUT2D eigenvalue weighted by Gasteiger charge is 2.29. The Hall–Kier alpha value is -3.87. The van der Waals surface area contributed by atoms with Crippen molar-refractivity contribution in [2.75, 3.05) is 10.6 Å². The van der Waals surface area contributed by atoms with E-state index < -0.39 is 11.6 Å². The molecule has 0 atom stereocenters. The molecule has 0 saturated heterocycles. The summed E-state index contributed by atoms with van der Waals surface area (Å²) in [6, 6.07) is 18.2. The number of anilines is 2. The molecule has 31 heavy (non-hydrogen) atoms. The van der Waals surface area contributed by atoms with Gasteiger partial charge in [-0.15, -0.1) is 0 Å². The lowest BCUT2D eigenvalue weighted by molar-refractivity contribution is -0.152. The molecule has 160 valence electrons. The molecule has 0 saturated carbocycles. The Bertz CT molecular complexity index is 1060. The third-order valence-corrected chi connectivity index (χ3v) is 4.73. The van der Waals surface area contributed by atoms with Gasteiger partial charge in [-0.2, -0.15) is 0 Å². The van der Waals surface area contributed by atoms with Crippen molar-refractivity contribution in [2.45, 2.75) is 32.8 Å². The summed E-state index contributed by atoms with van der Waals surface area (Å²) in [5.41, 5.74) is 2.90. The topological polar surface area (TPSA) is 101 Å². The summed E-state index contributed by atoms with van der Waals surface area (Å²) in [5, 5.41) is 14.8. The lowest BCUT2D eigenvalue weighted by Gasteiger charge is -2.20. The van der Waals surface area contributed by atoms with E-state index in [0.717, 1.165) is 28.8 Å². The first-order valence-electron chi connectivity index (χ1n) is 9.93. The molecule has 1 aromatic heterocycles. The Morgan fingerprint density at radius 2 is 1.65 bits per heavy atom. The standard InChI is InChI=1S/C24H25N3O4/c1-4-16-7-5-6-8-20(16)27-23(30)26-19-12-9-17(10-13-19)18-11-14-21(25-15-18)31-24(2,3)22(28)29/h5-15H,4H2,1-3H3,(H,28,29)(H2,26,27,30). The number of ether oxygens (including phenoxy) is 1. The van der Waals surface area contributed by atoms with E-state index in [1.165, 1.54) is 13.8 Å². The van der Waals surface area contributed by atoms with Crippen LogP contribution in [0.2, 0.25) is 0 Å². The second-order valence-electron chi connectivity index (χ2n) is 7.47. The fourth-order valence-corrected chi connectivity index (χ4v) is 2.90. The van der Waals surface area contributed by atoms with Crippen LogP contribution in [-0.2, 0) is 11.2 Å². The number of carboxylic acid groups (broad SMARTS) is 1. The highest BCUT2D eigenvalue weighted by Crippen LogP contribution is 2.24. The van der Waals surface area contributed by atoms with Gasteiger partial charge in [0.25, 0.3) is 0 Å². The first-order chi connectivity index (χ1) is 14.8. The summed E-state index contributed by atoms with van der Waals surface area (Å²) in [5.74, 6) is -0.831. The molecule has 0 radical (unpaired) electrons. The van der Waals surface area contributed by atoms with E-state index in [2.05, 4.69) is 15.6 Å². The Kier molecular flexibility index (Phi) is 6.55. The van der Waals surface area contributed by atoms with E-state index >= 15 is 0 Å². The Balaban J connectivity index is 1.63. The van der Waals surface area contributed by atoms with Gasteiger partial charge in [0.15, 0.2) is 0 Å². The fourth-order valence-electron chi connectivity index (χ4n) is 2.90. The van der Waals surface area contributed by atoms with Crippen molar-refractivity contribution in [3.05, 3.63) is 72.4 Å². The number of nitrogens with one attached hydrogen (secondary N) is 2. The van der Waals surface area contributed by atoms with E-state index in [1.807, 2.05) is 43.3 Å². The van der Waals surface area contributed by atoms with Gasteiger partial charge in [0.05, 0.1) is 0 Å². The van der Waals surface area contributed by atoms with Crippen molar-refractivity contribution in [1.82, 2.24) is 4.98 Å². The maximum absolute atomic E-state index is 12.3. The van der Waals surface area contributed by atoms with Crippen LogP contribution in [0.1, 0.15) is 26.3 Å². The molecule has 0 aliphatic rings. The molecule has 2 amide bonds. The number of carbonyl (C=O) groups is 2. The van der Waals surface area contributed by atoms with Crippen molar-refractivity contribution in [3.8, 4) is 17.0 Å². The smallest absolute Gasteiger partial charge is 0.347 e. The zero-order valence-corrected chi connectivity index (χ0v) is 17.7. The van der Waals surface area contributed by atoms with Gasteiger partial charge in [-0.25, -0.2) is 14.6 Å². The molecule has 0 fully saturated rings. The Morgan fingerprint density at radius 3 is 2.26 bits per heavy atom. The summed E-state index contributed by atoms with van der Waals surface area (Å²) >= 11 is 0. The number of aliphatic carboxylic acids is 1. The third-order valence-electron chi connectivity index (χ3n) is 4.73. The van der Waals surface area contributed by atoms with Crippen LogP contribution >= 0.6 is 0 Å². The lowest BCUT2D eigenvalue weighted by Crippen LogP contribution is -2.38. The van der Waals surface area contributed by atoms with Crippen molar-refractivity contribution in [2.24, 2.45) is 0 Å². The number of carbonyl (C=O) groups excluding carboxylic acids is 1. The van der Waals surface area contributed by atoms with Crippen LogP contribution in [0.15, 0.2) is 66.9 Å². The number of aryl methyl sites for hydroxylation is 1. The number of hydrogen-bond donors (Lipinski definition) is 3. The number of nitrogens with zero attached hydrogens (tertiary/aromatic N) is 1. The van der Waals surface area contributed by atoms with E-state index in [1.54, 1.807) is 30.5 Å². The van der Waals surface area contributed by atoms with Crippen LogP contribution in [0.5, 0.6) is 5.88 Å². The summed E-state index contributed by atoms with van der Waals surface area (Å²) in [6.07, 6.45) is 2.45. The molecule has 2 aromatic carbocycles. The fraction of sp³-hybridized carbons (Fsp3) is 0.208. The number of urea groups is 1. The Morgan fingerprint density at radius 1 is 0.968 bits per heavy atom. The highest BCUT2D eigenvalue weighted by molar-refractivity contribution is 6.00. The van der Waals surface area contributed by atoms with Gasteiger partial charge in [-0.1, -0.05) is 37.3 Å². The second kappa shape index (κ2) is 9.30. The molecule has 0 aliphatic carbocycles. The lowest BCUT2D eigenvalue weighted by atomic mass is 10.1. The van der Waals surface area contributed by atoms with Crippen LogP contribution in [0.3, 0.4) is 0 Å². The predicted molar refractivity (Wildman–Crippen MR) is 120 cm³/mol. The van der Waals surface area contributed by atoms with Crippen LogP contribution in [-0.4, -0.2) is 27.7 Å². The predicted octanol–water partition coefficient (Wildman–Crippen LogP) is 5.20. The molecule has 7 nitrogen and oxygen atoms in total. The van der Waals surface area contributed by atoms with Gasteiger partial charge in [0.2, 0.25) is 11.5 Å². The van der Waals surface area contributed by atoms with Gasteiger partial charge >= 0.3 is 12.0 Å². The van der Waals surface area contributed by atoms with Crippen molar-refractivity contribution >= 4 is 23.4 Å². The average molecular weight is 419 g/mol. The maximum atomic E-state index is 12.3. The van der Waals surface area contributed by atoms with Crippen molar-refractivity contribution < 1.29 is 19.4 Å². The minimum Gasteiger partial charge on any atom is -0.478 e. The quantitative estimate of drug-likeness (QED) is 0.489. The summed E-state index contributed by atoms with van der Waals surface area (Å²) in [7, 11) is 0. The second-order valence-corrected chi connectivity index (χ2v) is 7.47. The monoisotopic (exact) mass is 419 g/mol. The van der Waals surface area contributed by atoms with Gasteiger partial charge in [-0.05, 0) is 55.7 Å². The number of pyridine rings is 1. The number of amides is 2. The summed E-state index contributed by atoms with van der Waals surface area (Å²) < 4.78 is 5.42. The third kappa shape index (κ3) is 5.60. The van der Waals surface area contributed by atoms with E-state index in [-0.39, 0.29) is 11.9 Å². The van der Waals surface area contributed by atoms with E-state index in [4.69, 9.17) is 9.84 Å². The van der Waals surface area contributed by atoms with Crippen LogP contribution < -0.4 is 15.4 Å². The molecular weight excluding hydrogens is 394 g/mol. The molecule has 1 heterocycles. The molecule has 0 spiro atoms. The molecule has 0 aliphatic heterocycles. The van der Waals surface area contributed by atoms with E-state index in [9.17, 15) is 9.59 Å². The molecule has 0 unspecified atom stereocenters. The zero-order chi connectivity index (χ0) is 22.4. The zero-order valence-electron chi connectivity index (χ0n) is 17.7. The average Bonchev–Trinajstić information content (AvgIpc) is 2.75. The van der Waals surface area contributed by atoms with Gasteiger partial charge in [0.1, 0.15) is 0 Å². The van der Waals surface area contributed by atoms with E-state index in [0.29, 0.717) is 5.69 Å². The molecule has 3 rings (SSSR count). The van der Waals surface area contributed by atoms with Crippen LogP contribution in [0.25, 0.3) is 11.1 Å². The number of hydrogen-bond acceptors (Lipinski definition) is 4. The van der Waals surface area contributed by atoms with Gasteiger partial charge < -0.3 is 20.5 Å².